The summed E-state index contributed by atoms with van der Waals surface area (Å²) < 4.78 is 0. The molecule has 0 aromatic carbocycles. The van der Waals surface area contributed by atoms with Crippen LogP contribution in [0.15, 0.2) is 11.6 Å². The summed E-state index contributed by atoms with van der Waals surface area (Å²) in [6.07, 6.45) is 5.92. The highest BCUT2D eigenvalue weighted by atomic mass is 32.1. The van der Waals surface area contributed by atoms with Crippen molar-refractivity contribution in [3.05, 3.63) is 16.6 Å². The SMILES string of the molecule is CN1CCCCC1CNC(C)(C)c1nccs1. The van der Waals surface area contributed by atoms with Crippen LogP contribution < -0.4 is 5.32 Å². The Labute approximate surface area is 108 Å². The van der Waals surface area contributed by atoms with Gasteiger partial charge >= 0.3 is 0 Å². The average molecular weight is 253 g/mol. The number of rotatable bonds is 4. The van der Waals surface area contributed by atoms with Crippen LogP contribution in [0.3, 0.4) is 0 Å². The van der Waals surface area contributed by atoms with E-state index in [9.17, 15) is 0 Å². The molecule has 96 valence electrons. The fourth-order valence-electron chi connectivity index (χ4n) is 2.38. The van der Waals surface area contributed by atoms with Gasteiger partial charge in [0.25, 0.3) is 0 Å². The Bertz CT molecular complexity index is 334. The molecule has 0 spiro atoms. The highest BCUT2D eigenvalue weighted by Crippen LogP contribution is 2.23. The smallest absolute Gasteiger partial charge is 0.112 e. The maximum atomic E-state index is 4.41. The molecule has 3 nitrogen and oxygen atoms in total. The van der Waals surface area contributed by atoms with Gasteiger partial charge < -0.3 is 10.2 Å². The molecule has 1 aliphatic heterocycles. The average Bonchev–Trinajstić information content (AvgIpc) is 2.82. The molecule has 1 atom stereocenters. The van der Waals surface area contributed by atoms with Crippen LogP contribution >= 0.6 is 11.3 Å². The lowest BCUT2D eigenvalue weighted by molar-refractivity contribution is 0.170. The number of nitrogens with one attached hydrogen (secondary N) is 1. The molecule has 0 saturated carbocycles. The highest BCUT2D eigenvalue weighted by Gasteiger charge is 2.26. The number of piperidine rings is 1. The molecule has 1 aromatic heterocycles. The third kappa shape index (κ3) is 3.27. The minimum atomic E-state index is -0.00749. The van der Waals surface area contributed by atoms with Gasteiger partial charge in [-0.3, -0.25) is 0 Å². The number of nitrogens with zero attached hydrogens (tertiary/aromatic N) is 2. The maximum absolute atomic E-state index is 4.41. The van der Waals surface area contributed by atoms with Crippen molar-refractivity contribution < 1.29 is 0 Å². The predicted octanol–water partition coefficient (Wildman–Crippen LogP) is 2.45. The summed E-state index contributed by atoms with van der Waals surface area (Å²) in [5.41, 5.74) is -0.00749. The Morgan fingerprint density at radius 3 is 3.00 bits per heavy atom. The monoisotopic (exact) mass is 253 g/mol. The molecule has 1 aromatic rings. The van der Waals surface area contributed by atoms with Crippen LogP contribution in [0.4, 0.5) is 0 Å². The number of likely N-dealkylation sites (tertiary alicyclic amines) is 1. The molecular formula is C13H23N3S. The van der Waals surface area contributed by atoms with Gasteiger partial charge in [-0.1, -0.05) is 6.42 Å². The standard InChI is InChI=1S/C13H23N3S/c1-13(2,12-14-7-9-17-12)15-10-11-6-4-5-8-16(11)3/h7,9,11,15H,4-6,8,10H2,1-3H3. The van der Waals surface area contributed by atoms with Crippen LogP contribution in [0.5, 0.6) is 0 Å². The van der Waals surface area contributed by atoms with Gasteiger partial charge in [0, 0.05) is 24.2 Å². The van der Waals surface area contributed by atoms with E-state index in [1.807, 2.05) is 11.6 Å². The molecule has 0 radical (unpaired) electrons. The molecule has 17 heavy (non-hydrogen) atoms. The molecule has 1 N–H and O–H groups in total. The van der Waals surface area contributed by atoms with Gasteiger partial charge in [-0.05, 0) is 40.3 Å². The van der Waals surface area contributed by atoms with E-state index in [1.54, 1.807) is 11.3 Å². The second-order valence-electron chi connectivity index (χ2n) is 5.47. The molecule has 0 bridgehead atoms. The Morgan fingerprint density at radius 1 is 1.53 bits per heavy atom. The molecule has 2 heterocycles. The Morgan fingerprint density at radius 2 is 2.35 bits per heavy atom. The van der Waals surface area contributed by atoms with E-state index in [0.29, 0.717) is 6.04 Å². The molecule has 0 amide bonds. The number of aromatic nitrogens is 1. The van der Waals surface area contributed by atoms with E-state index >= 15 is 0 Å². The van der Waals surface area contributed by atoms with Crippen molar-refractivity contribution in [3.8, 4) is 0 Å². The normalized spacial score (nSPS) is 22.9. The van der Waals surface area contributed by atoms with Crippen molar-refractivity contribution in [2.24, 2.45) is 0 Å². The zero-order valence-corrected chi connectivity index (χ0v) is 11.9. The minimum absolute atomic E-state index is 0.00749. The molecule has 2 rings (SSSR count). The Balaban J connectivity index is 1.88. The zero-order valence-electron chi connectivity index (χ0n) is 11.1. The van der Waals surface area contributed by atoms with Gasteiger partial charge in [0.1, 0.15) is 5.01 Å². The van der Waals surface area contributed by atoms with Gasteiger partial charge in [0.15, 0.2) is 0 Å². The van der Waals surface area contributed by atoms with E-state index in [0.717, 1.165) is 6.54 Å². The van der Waals surface area contributed by atoms with E-state index in [2.05, 4.69) is 36.1 Å². The fraction of sp³-hybridized carbons (Fsp3) is 0.769. The van der Waals surface area contributed by atoms with Gasteiger partial charge in [-0.2, -0.15) is 0 Å². The first-order chi connectivity index (χ1) is 8.09. The summed E-state index contributed by atoms with van der Waals surface area (Å²) in [5.74, 6) is 0. The van der Waals surface area contributed by atoms with Gasteiger partial charge in [0.05, 0.1) is 5.54 Å². The van der Waals surface area contributed by atoms with Crippen LogP contribution in [0.2, 0.25) is 0 Å². The number of thiazole rings is 1. The van der Waals surface area contributed by atoms with Crippen LogP contribution in [-0.4, -0.2) is 36.1 Å². The van der Waals surface area contributed by atoms with Gasteiger partial charge in [-0.25, -0.2) is 4.98 Å². The second-order valence-corrected chi connectivity index (χ2v) is 6.37. The largest absolute Gasteiger partial charge is 0.304 e. The third-order valence-corrected chi connectivity index (χ3v) is 4.76. The van der Waals surface area contributed by atoms with Crippen LogP contribution in [0, 0.1) is 0 Å². The maximum Gasteiger partial charge on any atom is 0.112 e. The van der Waals surface area contributed by atoms with E-state index in [-0.39, 0.29) is 5.54 Å². The first-order valence-corrected chi connectivity index (χ1v) is 7.33. The summed E-state index contributed by atoms with van der Waals surface area (Å²) in [7, 11) is 2.24. The van der Waals surface area contributed by atoms with E-state index in [4.69, 9.17) is 0 Å². The lowest BCUT2D eigenvalue weighted by Crippen LogP contribution is -2.48. The molecule has 1 aliphatic rings. The third-order valence-electron chi connectivity index (χ3n) is 3.67. The van der Waals surface area contributed by atoms with Gasteiger partial charge in [-0.15, -0.1) is 11.3 Å². The molecule has 4 heteroatoms. The van der Waals surface area contributed by atoms with Crippen molar-refractivity contribution in [3.63, 3.8) is 0 Å². The lowest BCUT2D eigenvalue weighted by atomic mass is 10.0. The fourth-order valence-corrected chi connectivity index (χ4v) is 3.12. The van der Waals surface area contributed by atoms with Crippen molar-refractivity contribution in [2.45, 2.75) is 44.7 Å². The number of likely N-dealkylation sites (N-methyl/N-ethyl adjacent to an activating group) is 1. The van der Waals surface area contributed by atoms with E-state index in [1.165, 1.54) is 30.8 Å². The zero-order chi connectivity index (χ0) is 12.3. The van der Waals surface area contributed by atoms with Crippen LogP contribution in [-0.2, 0) is 5.54 Å². The molecular weight excluding hydrogens is 230 g/mol. The Hall–Kier alpha value is -0.450. The van der Waals surface area contributed by atoms with Crippen molar-refractivity contribution in [1.82, 2.24) is 15.2 Å². The van der Waals surface area contributed by atoms with Crippen LogP contribution in [0.25, 0.3) is 0 Å². The summed E-state index contributed by atoms with van der Waals surface area (Å²) in [6, 6.07) is 0.683. The minimum Gasteiger partial charge on any atom is -0.304 e. The summed E-state index contributed by atoms with van der Waals surface area (Å²) in [6.45, 7) is 6.73. The van der Waals surface area contributed by atoms with Crippen LogP contribution in [0.1, 0.15) is 38.1 Å². The summed E-state index contributed by atoms with van der Waals surface area (Å²) in [5, 5.41) is 6.89. The lowest BCUT2D eigenvalue weighted by Gasteiger charge is -2.35. The number of hydrogen-bond acceptors (Lipinski definition) is 4. The summed E-state index contributed by atoms with van der Waals surface area (Å²) >= 11 is 1.73. The molecule has 1 saturated heterocycles. The second kappa shape index (κ2) is 5.46. The highest BCUT2D eigenvalue weighted by molar-refractivity contribution is 7.09. The quantitative estimate of drug-likeness (QED) is 0.893. The molecule has 1 fully saturated rings. The van der Waals surface area contributed by atoms with Crippen molar-refractivity contribution >= 4 is 11.3 Å². The first kappa shape index (κ1) is 13.0. The summed E-state index contributed by atoms with van der Waals surface area (Å²) in [4.78, 5) is 6.89. The van der Waals surface area contributed by atoms with Crippen molar-refractivity contribution in [2.75, 3.05) is 20.1 Å². The Kier molecular flexibility index (Phi) is 4.17. The predicted molar refractivity (Wildman–Crippen MR) is 73.4 cm³/mol. The number of hydrogen-bond donors (Lipinski definition) is 1. The topological polar surface area (TPSA) is 28.2 Å². The van der Waals surface area contributed by atoms with E-state index < -0.39 is 0 Å². The molecule has 0 aliphatic carbocycles. The molecule has 1 unspecified atom stereocenters. The van der Waals surface area contributed by atoms with Gasteiger partial charge in [0.2, 0.25) is 0 Å². The van der Waals surface area contributed by atoms with Crippen molar-refractivity contribution in [1.29, 1.82) is 0 Å². The first-order valence-electron chi connectivity index (χ1n) is 6.45.